The number of carbonyl (C=O) groups is 1. The normalized spacial score (nSPS) is 14.2. The molecule has 12 heteroatoms. The minimum atomic E-state index is -4.26. The van der Waals surface area contributed by atoms with E-state index in [2.05, 4.69) is 21.9 Å². The van der Waals surface area contributed by atoms with E-state index in [0.29, 0.717) is 52.6 Å². The summed E-state index contributed by atoms with van der Waals surface area (Å²) in [6.07, 6.45) is -0.589. The van der Waals surface area contributed by atoms with Gasteiger partial charge in [-0.15, -0.1) is 0 Å². The summed E-state index contributed by atoms with van der Waals surface area (Å²) in [4.78, 5) is 36.9. The molecule has 1 aliphatic rings. The van der Waals surface area contributed by atoms with Crippen molar-refractivity contribution in [3.05, 3.63) is 93.4 Å². The third-order valence-corrected chi connectivity index (χ3v) is 7.98. The van der Waals surface area contributed by atoms with Crippen molar-refractivity contribution in [2.75, 3.05) is 39.8 Å². The second-order valence-electron chi connectivity index (χ2n) is 11.0. The Balaban J connectivity index is 1.53. The monoisotopic (exact) mass is 608 g/mol. The van der Waals surface area contributed by atoms with Gasteiger partial charge in [0.2, 0.25) is 0 Å². The zero-order valence-electron chi connectivity index (χ0n) is 25.1. The number of hydrogen-bond acceptors (Lipinski definition) is 6. The number of ether oxygens (including phenoxy) is 1. The first-order valence-electron chi connectivity index (χ1n) is 14.2. The number of aryl methyl sites for hydroxylation is 2. The van der Waals surface area contributed by atoms with E-state index in [1.54, 1.807) is 25.3 Å². The van der Waals surface area contributed by atoms with E-state index >= 15 is 0 Å². The topological polar surface area (TPSA) is 95.0 Å². The Hall–Kier alpha value is -4.58. The highest BCUT2D eigenvalue weighted by Crippen LogP contribution is 2.33. The molecule has 1 fully saturated rings. The van der Waals surface area contributed by atoms with Gasteiger partial charge >= 0.3 is 6.18 Å². The molecule has 2 N–H and O–H groups in total. The summed E-state index contributed by atoms with van der Waals surface area (Å²) in [6, 6.07) is 9.31. The molecule has 232 valence electrons. The van der Waals surface area contributed by atoms with Crippen LogP contribution in [0.5, 0.6) is 5.75 Å². The summed E-state index contributed by atoms with van der Waals surface area (Å²) in [7, 11) is 1.46. The van der Waals surface area contributed by atoms with Crippen molar-refractivity contribution in [3.8, 4) is 16.9 Å². The quantitative estimate of drug-likeness (QED) is 0.301. The van der Waals surface area contributed by atoms with Crippen molar-refractivity contribution in [3.63, 3.8) is 0 Å². The second-order valence-corrected chi connectivity index (χ2v) is 11.0. The van der Waals surface area contributed by atoms with Crippen LogP contribution in [0.15, 0.2) is 54.1 Å². The van der Waals surface area contributed by atoms with Gasteiger partial charge in [0.15, 0.2) is 0 Å². The Bertz CT molecular complexity index is 1770. The van der Waals surface area contributed by atoms with E-state index in [1.807, 2.05) is 47.5 Å². The van der Waals surface area contributed by atoms with E-state index < -0.39 is 18.6 Å². The van der Waals surface area contributed by atoms with E-state index in [0.717, 1.165) is 22.3 Å². The minimum absolute atomic E-state index is 0.0601. The number of aromatic nitrogens is 3. The smallest absolute Gasteiger partial charge is 0.401 e. The number of aromatic amines is 1. The van der Waals surface area contributed by atoms with Crippen LogP contribution >= 0.6 is 0 Å². The molecule has 1 saturated heterocycles. The van der Waals surface area contributed by atoms with Crippen molar-refractivity contribution in [2.45, 2.75) is 33.5 Å². The molecule has 0 unspecified atom stereocenters. The Morgan fingerprint density at radius 2 is 1.84 bits per heavy atom. The molecular weight excluding hydrogens is 573 g/mol. The summed E-state index contributed by atoms with van der Waals surface area (Å²) in [6.45, 7) is 9.99. The number of carbonyl (C=O) groups excluding carboxylic acids is 1. The van der Waals surface area contributed by atoms with Crippen LogP contribution in [0.3, 0.4) is 0 Å². The molecule has 4 aromatic heterocycles. The molecule has 0 aliphatic carbocycles. The largest absolute Gasteiger partial charge is 0.496 e. The first-order valence-corrected chi connectivity index (χ1v) is 14.2. The van der Waals surface area contributed by atoms with E-state index in [9.17, 15) is 22.8 Å². The average Bonchev–Trinajstić information content (AvgIpc) is 3.39. The first kappa shape index (κ1) is 30.9. The van der Waals surface area contributed by atoms with Crippen LogP contribution in [-0.4, -0.2) is 76.1 Å². The number of alkyl halides is 3. The number of methoxy groups -OCH3 is 1. The van der Waals surface area contributed by atoms with Gasteiger partial charge in [0.05, 0.1) is 42.7 Å². The number of hydrogen-bond donors (Lipinski definition) is 2. The van der Waals surface area contributed by atoms with E-state index in [4.69, 9.17) is 4.74 Å². The molecule has 1 aliphatic heterocycles. The molecule has 0 saturated carbocycles. The number of pyridine rings is 3. The molecular formula is C32H35F3N6O3. The maximum Gasteiger partial charge on any atom is 0.401 e. The molecule has 1 amide bonds. The lowest BCUT2D eigenvalue weighted by Crippen LogP contribution is -2.48. The first-order chi connectivity index (χ1) is 20.9. The summed E-state index contributed by atoms with van der Waals surface area (Å²) >= 11 is 0. The summed E-state index contributed by atoms with van der Waals surface area (Å²) in [5.41, 5.74) is 6.21. The molecule has 0 aromatic carbocycles. The van der Waals surface area contributed by atoms with Crippen LogP contribution < -0.4 is 15.6 Å². The number of nitrogens with one attached hydrogen (secondary N) is 2. The summed E-state index contributed by atoms with van der Waals surface area (Å²) < 4.78 is 46.3. The molecule has 9 nitrogen and oxygen atoms in total. The zero-order valence-corrected chi connectivity index (χ0v) is 25.1. The predicted octanol–water partition coefficient (Wildman–Crippen LogP) is 4.70. The van der Waals surface area contributed by atoms with Crippen LogP contribution in [0.25, 0.3) is 22.3 Å². The molecule has 0 atom stereocenters. The number of amides is 1. The Labute approximate surface area is 253 Å². The Morgan fingerprint density at radius 1 is 1.11 bits per heavy atom. The Morgan fingerprint density at radius 3 is 2.48 bits per heavy atom. The predicted molar refractivity (Wildman–Crippen MR) is 163 cm³/mol. The van der Waals surface area contributed by atoms with Gasteiger partial charge in [-0.25, -0.2) is 0 Å². The van der Waals surface area contributed by atoms with Gasteiger partial charge in [0, 0.05) is 66.7 Å². The number of piperazine rings is 1. The highest BCUT2D eigenvalue weighted by atomic mass is 19.4. The van der Waals surface area contributed by atoms with Crippen molar-refractivity contribution in [2.24, 2.45) is 0 Å². The number of H-pyrrole nitrogens is 1. The SMILES string of the molecule is C=C(c1c(C)c(C(=O)NCc2c(OC)cc(C)[nH]c2=O)cc2c(-c3ccc(C)nc3)ccn12)N1CCN(CC(F)(F)F)CC1. The highest BCUT2D eigenvalue weighted by molar-refractivity contribution is 5.99. The molecule has 0 radical (unpaired) electrons. The van der Waals surface area contributed by atoms with Gasteiger partial charge in [-0.2, -0.15) is 13.2 Å². The minimum Gasteiger partial charge on any atom is -0.496 e. The fourth-order valence-electron chi connectivity index (χ4n) is 5.68. The van der Waals surface area contributed by atoms with Gasteiger partial charge in [-0.3, -0.25) is 19.5 Å². The number of halogens is 3. The highest BCUT2D eigenvalue weighted by Gasteiger charge is 2.33. The number of fused-ring (bicyclic) bond motifs is 1. The lowest BCUT2D eigenvalue weighted by Gasteiger charge is -2.37. The third kappa shape index (κ3) is 6.35. The molecule has 44 heavy (non-hydrogen) atoms. The van der Waals surface area contributed by atoms with E-state index in [-0.39, 0.29) is 25.2 Å². The second kappa shape index (κ2) is 12.2. The summed E-state index contributed by atoms with van der Waals surface area (Å²) in [5.74, 6) is -0.0246. The van der Waals surface area contributed by atoms with Gasteiger partial charge in [0.25, 0.3) is 11.5 Å². The van der Waals surface area contributed by atoms with Crippen molar-refractivity contribution in [1.82, 2.24) is 29.5 Å². The molecule has 0 bridgehead atoms. The van der Waals surface area contributed by atoms with Gasteiger partial charge in [0.1, 0.15) is 5.75 Å². The maximum absolute atomic E-state index is 13.8. The van der Waals surface area contributed by atoms with Crippen LogP contribution in [0.1, 0.15) is 38.6 Å². The van der Waals surface area contributed by atoms with Crippen LogP contribution in [0.2, 0.25) is 0 Å². The Kier molecular flexibility index (Phi) is 8.55. The summed E-state index contributed by atoms with van der Waals surface area (Å²) in [5, 5.41) is 2.87. The lowest BCUT2D eigenvalue weighted by molar-refractivity contribution is -0.148. The fraction of sp³-hybridized carbons (Fsp3) is 0.344. The lowest BCUT2D eigenvalue weighted by atomic mass is 10.0. The standard InChI is InChI=1S/C32H35F3N6O3/c1-19-6-7-23(16-36-19)24-8-9-41-27(24)15-25(30(42)37-17-26-28(44-5)14-20(2)38-31(26)43)21(3)29(41)22(4)40-12-10-39(11-13-40)18-32(33,34)35/h6-9,14-16H,4,10-13,17-18H2,1-3,5H3,(H,37,42)(H,38,43). The number of rotatable bonds is 8. The van der Waals surface area contributed by atoms with Crippen molar-refractivity contribution in [1.29, 1.82) is 0 Å². The van der Waals surface area contributed by atoms with Crippen LogP contribution in [0, 0.1) is 20.8 Å². The zero-order chi connectivity index (χ0) is 31.8. The average molecular weight is 609 g/mol. The van der Waals surface area contributed by atoms with Crippen molar-refractivity contribution < 1.29 is 22.7 Å². The van der Waals surface area contributed by atoms with Gasteiger partial charge in [-0.05, 0) is 50.6 Å². The maximum atomic E-state index is 13.8. The van der Waals surface area contributed by atoms with Crippen molar-refractivity contribution >= 4 is 17.1 Å². The van der Waals surface area contributed by atoms with Crippen LogP contribution in [-0.2, 0) is 6.54 Å². The molecule has 4 aromatic rings. The van der Waals surface area contributed by atoms with Crippen LogP contribution in [0.4, 0.5) is 13.2 Å². The fourth-order valence-corrected chi connectivity index (χ4v) is 5.68. The molecule has 0 spiro atoms. The molecule has 5 heterocycles. The van der Waals surface area contributed by atoms with Gasteiger partial charge in [-0.1, -0.05) is 12.6 Å². The number of nitrogens with zero attached hydrogens (tertiary/aromatic N) is 4. The van der Waals surface area contributed by atoms with Gasteiger partial charge < -0.3 is 24.3 Å². The molecule has 5 rings (SSSR count). The van der Waals surface area contributed by atoms with E-state index in [1.165, 1.54) is 12.0 Å². The third-order valence-electron chi connectivity index (χ3n) is 7.98.